The Kier molecular flexibility index (Phi) is 4.27. The van der Waals surface area contributed by atoms with Gasteiger partial charge in [-0.3, -0.25) is 9.59 Å². The maximum atomic E-state index is 13.4. The van der Waals surface area contributed by atoms with Crippen molar-refractivity contribution < 1.29 is 28.8 Å². The number of para-hydroxylation sites is 1. The zero-order valence-corrected chi connectivity index (χ0v) is 15.5. The zero-order chi connectivity index (χ0) is 20.1. The normalized spacial score (nSPS) is 29.1. The van der Waals surface area contributed by atoms with Crippen LogP contribution in [0.25, 0.3) is 0 Å². The van der Waals surface area contributed by atoms with Gasteiger partial charge in [-0.15, -0.1) is 0 Å². The summed E-state index contributed by atoms with van der Waals surface area (Å²) in [7, 11) is 1.26. The van der Waals surface area contributed by atoms with Crippen LogP contribution in [0.2, 0.25) is 0 Å². The summed E-state index contributed by atoms with van der Waals surface area (Å²) in [6.07, 6.45) is 0. The quantitative estimate of drug-likeness (QED) is 0.638. The topological polar surface area (TPSA) is 80.3 Å². The van der Waals surface area contributed by atoms with Crippen molar-refractivity contribution in [2.45, 2.75) is 18.5 Å². The molecule has 2 aliphatic rings. The van der Waals surface area contributed by atoms with Crippen molar-refractivity contribution in [3.8, 4) is 0 Å². The number of carbonyl (C=O) groups excluding carboxylic acids is 3. The van der Waals surface area contributed by atoms with Gasteiger partial charge in [-0.25, -0.2) is 14.1 Å². The number of methoxy groups -OCH3 is 1. The number of fused-ring (bicyclic) bond motifs is 1. The van der Waals surface area contributed by atoms with Gasteiger partial charge in [0, 0.05) is 12.5 Å². The van der Waals surface area contributed by atoms with Gasteiger partial charge in [-0.1, -0.05) is 30.3 Å². The van der Waals surface area contributed by atoms with Gasteiger partial charge in [-0.2, -0.15) is 0 Å². The van der Waals surface area contributed by atoms with Crippen LogP contribution < -0.4 is 10.2 Å². The van der Waals surface area contributed by atoms with E-state index in [1.54, 1.807) is 54.7 Å². The van der Waals surface area contributed by atoms with Crippen LogP contribution in [0, 0.1) is 17.7 Å². The number of imide groups is 1. The first-order valence-electron chi connectivity index (χ1n) is 9.01. The minimum Gasteiger partial charge on any atom is -0.464 e. The highest BCUT2D eigenvalue weighted by Gasteiger charge is 2.70. The Labute approximate surface area is 161 Å². The summed E-state index contributed by atoms with van der Waals surface area (Å²) in [6.45, 7) is 1.62. The third kappa shape index (κ3) is 2.54. The summed E-state index contributed by atoms with van der Waals surface area (Å²) in [6, 6.07) is 13.9. The fourth-order valence-corrected chi connectivity index (χ4v) is 4.50. The molecule has 0 aromatic heterocycles. The van der Waals surface area contributed by atoms with Gasteiger partial charge >= 0.3 is 5.97 Å². The fourth-order valence-electron chi connectivity index (χ4n) is 4.50. The highest BCUT2D eigenvalue weighted by atomic mass is 19.1. The second kappa shape index (κ2) is 6.53. The molecule has 2 fully saturated rings. The van der Waals surface area contributed by atoms with Crippen molar-refractivity contribution in [2.24, 2.45) is 11.8 Å². The maximum Gasteiger partial charge on any atom is 0.368 e. The Hall–Kier alpha value is -3.06. The highest BCUT2D eigenvalue weighted by molar-refractivity contribution is 6.23. The van der Waals surface area contributed by atoms with Crippen molar-refractivity contribution in [1.29, 1.82) is 0 Å². The predicted octanol–water partition coefficient (Wildman–Crippen LogP) is 1.18. The van der Waals surface area contributed by atoms with Crippen LogP contribution in [0.1, 0.15) is 18.5 Å². The van der Waals surface area contributed by atoms with E-state index in [2.05, 4.69) is 0 Å². The van der Waals surface area contributed by atoms with Crippen molar-refractivity contribution in [1.82, 2.24) is 0 Å². The van der Waals surface area contributed by atoms with Crippen LogP contribution in [0.5, 0.6) is 0 Å². The first-order valence-corrected chi connectivity index (χ1v) is 9.01. The van der Waals surface area contributed by atoms with Crippen LogP contribution >= 0.6 is 0 Å². The van der Waals surface area contributed by atoms with Crippen molar-refractivity contribution in [3.05, 3.63) is 66.0 Å². The van der Waals surface area contributed by atoms with Crippen LogP contribution in [0.3, 0.4) is 0 Å². The first-order chi connectivity index (χ1) is 13.4. The number of halogens is 1. The van der Waals surface area contributed by atoms with Gasteiger partial charge in [0.2, 0.25) is 17.4 Å². The third-order valence-corrected chi connectivity index (χ3v) is 5.80. The largest absolute Gasteiger partial charge is 0.464 e. The Bertz CT molecular complexity index is 947. The number of ether oxygens (including phenoxy) is 1. The lowest BCUT2D eigenvalue weighted by atomic mass is 9.80. The molecule has 2 aromatic rings. The molecule has 0 aliphatic carbocycles. The van der Waals surface area contributed by atoms with E-state index < -0.39 is 41.1 Å². The van der Waals surface area contributed by atoms with E-state index in [0.717, 1.165) is 4.90 Å². The molecule has 0 spiro atoms. The molecule has 4 rings (SSSR count). The Morgan fingerprint density at radius 1 is 1.07 bits per heavy atom. The number of anilines is 1. The number of hydrogen-bond donors (Lipinski definition) is 1. The van der Waals surface area contributed by atoms with Crippen molar-refractivity contribution in [2.75, 3.05) is 12.0 Å². The zero-order valence-electron chi connectivity index (χ0n) is 15.5. The molecule has 2 N–H and O–H groups in total. The fraction of sp³-hybridized carbons (Fsp3) is 0.286. The number of quaternary nitrogens is 1. The number of carbonyl (C=O) groups is 3. The summed E-state index contributed by atoms with van der Waals surface area (Å²) in [5.74, 6) is -3.36. The second-order valence-corrected chi connectivity index (χ2v) is 7.37. The number of rotatable bonds is 3. The van der Waals surface area contributed by atoms with E-state index in [1.807, 2.05) is 0 Å². The average Bonchev–Trinajstić information content (AvgIpc) is 3.16. The molecule has 0 saturated carbocycles. The van der Waals surface area contributed by atoms with E-state index in [4.69, 9.17) is 4.74 Å². The van der Waals surface area contributed by atoms with Gasteiger partial charge in [0.25, 0.3) is 0 Å². The monoisotopic (exact) mass is 383 g/mol. The van der Waals surface area contributed by atoms with Crippen LogP contribution in [-0.2, 0) is 19.1 Å². The lowest BCUT2D eigenvalue weighted by Gasteiger charge is -2.25. The number of nitrogens with zero attached hydrogens (tertiary/aromatic N) is 1. The van der Waals surface area contributed by atoms with Gasteiger partial charge in [0.1, 0.15) is 23.7 Å². The number of benzene rings is 2. The summed E-state index contributed by atoms with van der Waals surface area (Å²) < 4.78 is 18.3. The minimum atomic E-state index is -1.26. The standard InChI is InChI=1S/C21H19FN2O4/c1-21(20(27)28-2)16-15(17(23-21)12-8-10-13(22)11-9-12)18(25)24(19(16)26)14-6-4-3-5-7-14/h3-11,15-17,23H,1-2H3/p+1/t15-,16-,17-,21-/m0/s1. The molecule has 4 atom stereocenters. The third-order valence-electron chi connectivity index (χ3n) is 5.80. The molecule has 28 heavy (non-hydrogen) atoms. The van der Waals surface area contributed by atoms with Gasteiger partial charge in [-0.05, 0) is 24.3 Å². The maximum absolute atomic E-state index is 13.4. The predicted molar refractivity (Wildman–Crippen MR) is 97.4 cm³/mol. The summed E-state index contributed by atoms with van der Waals surface area (Å²) in [5, 5.41) is 1.71. The molecule has 2 aromatic carbocycles. The summed E-state index contributed by atoms with van der Waals surface area (Å²) >= 11 is 0. The van der Waals surface area contributed by atoms with E-state index in [-0.39, 0.29) is 5.91 Å². The summed E-state index contributed by atoms with van der Waals surface area (Å²) in [4.78, 5) is 40.4. The molecule has 144 valence electrons. The minimum absolute atomic E-state index is 0.362. The van der Waals surface area contributed by atoms with Crippen molar-refractivity contribution in [3.63, 3.8) is 0 Å². The van der Waals surface area contributed by atoms with E-state index in [0.29, 0.717) is 11.3 Å². The van der Waals surface area contributed by atoms with E-state index in [1.165, 1.54) is 19.2 Å². The van der Waals surface area contributed by atoms with Gasteiger partial charge in [0.15, 0.2) is 0 Å². The molecule has 2 aliphatic heterocycles. The van der Waals surface area contributed by atoms with Gasteiger partial charge < -0.3 is 10.1 Å². The Morgan fingerprint density at radius 2 is 1.71 bits per heavy atom. The molecule has 2 amide bonds. The van der Waals surface area contributed by atoms with E-state index >= 15 is 0 Å². The Morgan fingerprint density at radius 3 is 2.32 bits per heavy atom. The smallest absolute Gasteiger partial charge is 0.368 e. The average molecular weight is 383 g/mol. The van der Waals surface area contributed by atoms with E-state index in [9.17, 15) is 18.8 Å². The number of nitrogens with two attached hydrogens (primary N) is 1. The molecule has 0 bridgehead atoms. The number of amides is 2. The van der Waals surface area contributed by atoms with Crippen LogP contribution in [-0.4, -0.2) is 30.4 Å². The highest BCUT2D eigenvalue weighted by Crippen LogP contribution is 2.45. The number of hydrogen-bond acceptors (Lipinski definition) is 4. The molecule has 0 radical (unpaired) electrons. The molecule has 2 saturated heterocycles. The molecule has 7 heteroatoms. The summed E-state index contributed by atoms with van der Waals surface area (Å²) in [5.41, 5.74) is -0.105. The van der Waals surface area contributed by atoms with Gasteiger partial charge in [0.05, 0.1) is 12.8 Å². The molecular weight excluding hydrogens is 363 g/mol. The van der Waals surface area contributed by atoms with Crippen molar-refractivity contribution >= 4 is 23.5 Å². The molecule has 0 unspecified atom stereocenters. The molecule has 6 nitrogen and oxygen atoms in total. The van der Waals surface area contributed by atoms with Crippen LogP contribution in [0.15, 0.2) is 54.6 Å². The van der Waals surface area contributed by atoms with Crippen LogP contribution in [0.4, 0.5) is 10.1 Å². The SMILES string of the molecule is COC(=O)[C@@]1(C)[NH2+][C@@H](c2ccc(F)cc2)[C@H]2C(=O)N(c3ccccc3)C(=O)[C@H]21. The molecular formula is C21H20FN2O4+. The second-order valence-electron chi connectivity index (χ2n) is 7.37. The Balaban J connectivity index is 1.82. The number of esters is 1. The lowest BCUT2D eigenvalue weighted by molar-refractivity contribution is -0.730. The first kappa shape index (κ1) is 18.3. The lowest BCUT2D eigenvalue weighted by Crippen LogP contribution is -2.97. The molecule has 2 heterocycles.